The van der Waals surface area contributed by atoms with Gasteiger partial charge in [0.1, 0.15) is 0 Å². The van der Waals surface area contributed by atoms with E-state index < -0.39 is 0 Å². The summed E-state index contributed by atoms with van der Waals surface area (Å²) in [5.41, 5.74) is 0. The van der Waals surface area contributed by atoms with Gasteiger partial charge in [0.25, 0.3) is 0 Å². The molecule has 0 amide bonds. The minimum Gasteiger partial charge on any atom is -0.280 e. The molecule has 0 saturated heterocycles. The highest BCUT2D eigenvalue weighted by atomic mass is 35.5. The van der Waals surface area contributed by atoms with E-state index >= 15 is 0 Å². The maximum Gasteiger partial charge on any atom is 0.231 e. The standard InChI is InChI=1S/C7H9ClOS/c1-3-4-6(2)10-5-7(8)9/h6H,5H2,1-2H3. The number of carbonyl (C=O) groups excluding carboxylic acids is 1. The van der Waals surface area contributed by atoms with Gasteiger partial charge in [-0.25, -0.2) is 0 Å². The molecule has 0 N–H and O–H groups in total. The van der Waals surface area contributed by atoms with E-state index in [1.807, 2.05) is 6.92 Å². The minimum absolute atomic E-state index is 0.202. The number of rotatable bonds is 3. The highest BCUT2D eigenvalue weighted by molar-refractivity contribution is 8.00. The summed E-state index contributed by atoms with van der Waals surface area (Å²) in [7, 11) is 0. The molecule has 0 rings (SSSR count). The summed E-state index contributed by atoms with van der Waals surface area (Å²) in [5, 5.41) is -0.109. The summed E-state index contributed by atoms with van der Waals surface area (Å²) in [6.45, 7) is 3.72. The Balaban J connectivity index is 3.46. The molecular weight excluding hydrogens is 168 g/mol. The van der Waals surface area contributed by atoms with E-state index in [1.54, 1.807) is 6.92 Å². The van der Waals surface area contributed by atoms with Crippen molar-refractivity contribution in [3.05, 3.63) is 0 Å². The predicted octanol–water partition coefficient (Wildman–Crippen LogP) is 1.90. The van der Waals surface area contributed by atoms with Crippen molar-refractivity contribution in [3.63, 3.8) is 0 Å². The van der Waals surface area contributed by atoms with E-state index in [2.05, 4.69) is 11.8 Å². The van der Waals surface area contributed by atoms with E-state index in [1.165, 1.54) is 11.8 Å². The van der Waals surface area contributed by atoms with E-state index in [9.17, 15) is 4.79 Å². The van der Waals surface area contributed by atoms with Crippen LogP contribution in [0.1, 0.15) is 13.8 Å². The van der Waals surface area contributed by atoms with Crippen LogP contribution in [0.2, 0.25) is 0 Å². The van der Waals surface area contributed by atoms with Gasteiger partial charge in [-0.1, -0.05) is 5.92 Å². The fraction of sp³-hybridized carbons (Fsp3) is 0.571. The second-order valence-electron chi connectivity index (χ2n) is 1.70. The molecule has 56 valence electrons. The lowest BCUT2D eigenvalue weighted by molar-refractivity contribution is -0.109. The molecule has 0 aromatic heterocycles. The van der Waals surface area contributed by atoms with Gasteiger partial charge < -0.3 is 0 Å². The third kappa shape index (κ3) is 6.00. The van der Waals surface area contributed by atoms with Gasteiger partial charge in [-0.2, -0.15) is 0 Å². The molecule has 1 atom stereocenters. The Labute approximate surface area is 70.5 Å². The molecule has 0 aliphatic carbocycles. The van der Waals surface area contributed by atoms with Crippen molar-refractivity contribution >= 4 is 28.6 Å². The lowest BCUT2D eigenvalue weighted by Gasteiger charge is -1.98. The maximum atomic E-state index is 10.2. The zero-order chi connectivity index (χ0) is 7.98. The molecule has 0 heterocycles. The van der Waals surface area contributed by atoms with Crippen LogP contribution in [0.15, 0.2) is 0 Å². The average Bonchev–Trinajstić information content (AvgIpc) is 1.85. The largest absolute Gasteiger partial charge is 0.280 e. The molecule has 0 aromatic rings. The van der Waals surface area contributed by atoms with Crippen LogP contribution in [-0.2, 0) is 4.79 Å². The van der Waals surface area contributed by atoms with Crippen LogP contribution in [0.4, 0.5) is 0 Å². The highest BCUT2D eigenvalue weighted by Crippen LogP contribution is 2.09. The molecular formula is C7H9ClOS. The fourth-order valence-corrected chi connectivity index (χ4v) is 1.21. The molecule has 3 heteroatoms. The molecule has 1 unspecified atom stereocenters. The molecule has 0 saturated carbocycles. The van der Waals surface area contributed by atoms with Gasteiger partial charge in [0.2, 0.25) is 5.24 Å². The number of halogens is 1. The monoisotopic (exact) mass is 176 g/mol. The first kappa shape index (κ1) is 9.87. The smallest absolute Gasteiger partial charge is 0.231 e. The van der Waals surface area contributed by atoms with Gasteiger partial charge in [-0.3, -0.25) is 4.79 Å². The number of hydrogen-bond acceptors (Lipinski definition) is 2. The summed E-state index contributed by atoms with van der Waals surface area (Å²) < 4.78 is 0. The molecule has 0 fully saturated rings. The number of hydrogen-bond donors (Lipinski definition) is 0. The van der Waals surface area contributed by atoms with Crippen LogP contribution in [0.25, 0.3) is 0 Å². The first-order valence-electron chi connectivity index (χ1n) is 2.89. The van der Waals surface area contributed by atoms with Crippen molar-refractivity contribution < 1.29 is 4.79 Å². The molecule has 0 spiro atoms. The average molecular weight is 177 g/mol. The van der Waals surface area contributed by atoms with Crippen LogP contribution in [0.3, 0.4) is 0 Å². The maximum absolute atomic E-state index is 10.2. The molecule has 0 radical (unpaired) electrons. The Morgan fingerprint density at radius 3 is 2.80 bits per heavy atom. The molecule has 10 heavy (non-hydrogen) atoms. The second-order valence-corrected chi connectivity index (χ2v) is 3.45. The lowest BCUT2D eigenvalue weighted by atomic mass is 10.5. The third-order valence-corrected chi connectivity index (χ3v) is 2.13. The molecule has 0 aliphatic heterocycles. The SMILES string of the molecule is CC#CC(C)SCC(=O)Cl. The summed E-state index contributed by atoms with van der Waals surface area (Å²) in [6, 6.07) is 0. The van der Waals surface area contributed by atoms with Crippen molar-refractivity contribution in [2.24, 2.45) is 0 Å². The summed E-state index contributed by atoms with van der Waals surface area (Å²) in [5.74, 6) is 6.01. The van der Waals surface area contributed by atoms with E-state index in [-0.39, 0.29) is 10.5 Å². The molecule has 1 nitrogen and oxygen atoms in total. The van der Waals surface area contributed by atoms with E-state index in [0.29, 0.717) is 5.75 Å². The van der Waals surface area contributed by atoms with Gasteiger partial charge in [-0.15, -0.1) is 17.7 Å². The lowest BCUT2D eigenvalue weighted by Crippen LogP contribution is -1.97. The third-order valence-electron chi connectivity index (χ3n) is 0.794. The van der Waals surface area contributed by atoms with E-state index in [4.69, 9.17) is 11.6 Å². The van der Waals surface area contributed by atoms with Crippen LogP contribution in [0.5, 0.6) is 0 Å². The Bertz CT molecular complexity index is 168. The van der Waals surface area contributed by atoms with Crippen LogP contribution < -0.4 is 0 Å². The van der Waals surface area contributed by atoms with Crippen molar-refractivity contribution in [2.45, 2.75) is 19.1 Å². The summed E-state index contributed by atoms with van der Waals surface area (Å²) in [4.78, 5) is 10.2. The predicted molar refractivity (Wildman–Crippen MR) is 46.2 cm³/mol. The summed E-state index contributed by atoms with van der Waals surface area (Å²) >= 11 is 6.57. The van der Waals surface area contributed by atoms with Gasteiger partial charge in [0.05, 0.1) is 11.0 Å². The first-order chi connectivity index (χ1) is 4.66. The van der Waals surface area contributed by atoms with Crippen molar-refractivity contribution in [1.29, 1.82) is 0 Å². The second kappa shape index (κ2) is 5.64. The number of carbonyl (C=O) groups is 1. The zero-order valence-corrected chi connectivity index (χ0v) is 7.55. The Morgan fingerprint density at radius 2 is 2.40 bits per heavy atom. The van der Waals surface area contributed by atoms with Crippen molar-refractivity contribution in [2.75, 3.05) is 5.75 Å². The molecule has 0 bridgehead atoms. The Kier molecular flexibility index (Phi) is 5.57. The van der Waals surface area contributed by atoms with E-state index in [0.717, 1.165) is 0 Å². The van der Waals surface area contributed by atoms with Crippen molar-refractivity contribution in [1.82, 2.24) is 0 Å². The van der Waals surface area contributed by atoms with Gasteiger partial charge >= 0.3 is 0 Å². The quantitative estimate of drug-likeness (QED) is 0.483. The van der Waals surface area contributed by atoms with Gasteiger partial charge in [-0.05, 0) is 25.4 Å². The fourth-order valence-electron chi connectivity index (χ4n) is 0.435. The zero-order valence-electron chi connectivity index (χ0n) is 5.98. The van der Waals surface area contributed by atoms with Gasteiger partial charge in [0.15, 0.2) is 0 Å². The molecule has 0 aromatic carbocycles. The summed E-state index contributed by atoms with van der Waals surface area (Å²) in [6.07, 6.45) is 0. The van der Waals surface area contributed by atoms with Crippen LogP contribution in [0, 0.1) is 11.8 Å². The van der Waals surface area contributed by atoms with Gasteiger partial charge in [0, 0.05) is 0 Å². The normalized spacial score (nSPS) is 11.5. The minimum atomic E-state index is -0.310. The Hall–Kier alpha value is -0.130. The topological polar surface area (TPSA) is 17.1 Å². The van der Waals surface area contributed by atoms with Crippen LogP contribution in [-0.4, -0.2) is 16.2 Å². The first-order valence-corrected chi connectivity index (χ1v) is 4.31. The van der Waals surface area contributed by atoms with Crippen molar-refractivity contribution in [3.8, 4) is 11.8 Å². The Morgan fingerprint density at radius 1 is 1.80 bits per heavy atom. The number of thioether (sulfide) groups is 1. The highest BCUT2D eigenvalue weighted by Gasteiger charge is 2.00. The van der Waals surface area contributed by atoms with Crippen LogP contribution >= 0.6 is 23.4 Å². The molecule has 0 aliphatic rings.